The molecule has 0 saturated heterocycles. The zero-order chi connectivity index (χ0) is 21.9. The van der Waals surface area contributed by atoms with E-state index in [9.17, 15) is 0 Å². The highest BCUT2D eigenvalue weighted by molar-refractivity contribution is 6.39. The van der Waals surface area contributed by atoms with Gasteiger partial charge in [-0.15, -0.1) is 0 Å². The molecule has 1 aromatic heterocycles. The minimum atomic E-state index is -0.344. The van der Waals surface area contributed by atoms with Crippen molar-refractivity contribution >= 4 is 45.5 Å². The van der Waals surface area contributed by atoms with Crippen LogP contribution in [0.1, 0.15) is 34.6 Å². The number of nitrogens with zero attached hydrogens (tertiary/aromatic N) is 2. The van der Waals surface area contributed by atoms with Crippen LogP contribution < -0.4 is 4.74 Å². The number of fused-ring (bicyclic) bond motifs is 1. The molecule has 5 heteroatoms. The van der Waals surface area contributed by atoms with Crippen LogP contribution in [-0.2, 0) is 0 Å². The predicted octanol–water partition coefficient (Wildman–Crippen LogP) is 8.07. The average molecular weight is 441 g/mol. The van der Waals surface area contributed by atoms with Crippen LogP contribution in [0.5, 0.6) is 5.75 Å². The number of hydrogen-bond donors (Lipinski definition) is 0. The summed E-state index contributed by atoms with van der Waals surface area (Å²) in [4.78, 5) is 9.35. The van der Waals surface area contributed by atoms with Gasteiger partial charge in [0, 0.05) is 11.6 Å². The molecule has 1 heterocycles. The molecule has 0 N–H and O–H groups in total. The van der Waals surface area contributed by atoms with Gasteiger partial charge in [0.2, 0.25) is 0 Å². The van der Waals surface area contributed by atoms with E-state index in [0.717, 1.165) is 22.2 Å². The van der Waals surface area contributed by atoms with E-state index in [2.05, 4.69) is 31.8 Å². The normalized spacial score (nSPS) is 14.1. The van der Waals surface area contributed by atoms with E-state index in [-0.39, 0.29) is 11.5 Å². The number of rotatable bonds is 5. The van der Waals surface area contributed by atoms with Gasteiger partial charge in [0.1, 0.15) is 23.1 Å². The van der Waals surface area contributed by atoms with Crippen molar-refractivity contribution in [2.24, 2.45) is 10.4 Å². The third-order valence-corrected chi connectivity index (χ3v) is 5.12. The molecule has 1 atom stereocenters. The first kappa shape index (κ1) is 22.3. The Morgan fingerprint density at radius 1 is 1.03 bits per heavy atom. The molecule has 0 radical (unpaired) electrons. The molecule has 0 bridgehead atoms. The van der Waals surface area contributed by atoms with Crippen molar-refractivity contribution in [3.05, 3.63) is 76.4 Å². The van der Waals surface area contributed by atoms with Crippen LogP contribution in [-0.4, -0.2) is 16.8 Å². The van der Waals surface area contributed by atoms with Crippen LogP contribution >= 0.6 is 23.2 Å². The van der Waals surface area contributed by atoms with E-state index in [4.69, 9.17) is 32.9 Å². The zero-order valence-corrected chi connectivity index (χ0v) is 19.4. The summed E-state index contributed by atoms with van der Waals surface area (Å²) < 4.78 is 6.36. The second kappa shape index (κ2) is 9.20. The van der Waals surface area contributed by atoms with Crippen molar-refractivity contribution in [3.8, 4) is 5.75 Å². The lowest BCUT2D eigenvalue weighted by Gasteiger charge is -2.21. The van der Waals surface area contributed by atoms with Crippen molar-refractivity contribution < 1.29 is 4.74 Å². The zero-order valence-electron chi connectivity index (χ0n) is 17.9. The first-order chi connectivity index (χ1) is 14.2. The largest absolute Gasteiger partial charge is 0.482 e. The van der Waals surface area contributed by atoms with Gasteiger partial charge in [-0.2, -0.15) is 0 Å². The van der Waals surface area contributed by atoms with Gasteiger partial charge < -0.3 is 4.74 Å². The Hall–Kier alpha value is -2.36. The summed E-state index contributed by atoms with van der Waals surface area (Å²) in [6.07, 6.45) is 3.60. The maximum absolute atomic E-state index is 6.39. The van der Waals surface area contributed by atoms with Gasteiger partial charge >= 0.3 is 0 Å². The molecule has 3 rings (SSSR count). The van der Waals surface area contributed by atoms with E-state index < -0.39 is 0 Å². The summed E-state index contributed by atoms with van der Waals surface area (Å²) >= 11 is 12.8. The summed E-state index contributed by atoms with van der Waals surface area (Å²) in [6.45, 7) is 10.5. The molecule has 0 saturated carbocycles. The fourth-order valence-corrected chi connectivity index (χ4v) is 3.84. The molecule has 0 amide bonds. The van der Waals surface area contributed by atoms with Crippen LogP contribution in [0.2, 0.25) is 10.0 Å². The summed E-state index contributed by atoms with van der Waals surface area (Å²) in [7, 11) is 0. The Morgan fingerprint density at radius 2 is 1.67 bits per heavy atom. The van der Waals surface area contributed by atoms with E-state index >= 15 is 0 Å². The monoisotopic (exact) mass is 440 g/mol. The number of hydrogen-bond acceptors (Lipinski definition) is 3. The van der Waals surface area contributed by atoms with Crippen LogP contribution in [0, 0.1) is 5.41 Å². The Labute approximate surface area is 188 Å². The maximum atomic E-state index is 6.39. The second-order valence-electron chi connectivity index (χ2n) is 8.35. The van der Waals surface area contributed by atoms with Crippen molar-refractivity contribution in [1.29, 1.82) is 0 Å². The number of allylic oxidation sites excluding steroid dienone is 1. The molecule has 30 heavy (non-hydrogen) atoms. The SMILES string of the molecule is CC(=CC(C)(C)C)C(=Nc1c(Cl)cccc1Cl)C(C)Oc1cccc2cccnc12. The lowest BCUT2D eigenvalue weighted by Crippen LogP contribution is -2.26. The third kappa shape index (κ3) is 5.41. The molecule has 0 aliphatic rings. The van der Waals surface area contributed by atoms with Gasteiger partial charge in [0.25, 0.3) is 0 Å². The quantitative estimate of drug-likeness (QED) is 0.375. The molecule has 3 nitrogen and oxygen atoms in total. The molecule has 3 aromatic rings. The lowest BCUT2D eigenvalue weighted by atomic mass is 9.91. The Balaban J connectivity index is 2.07. The predicted molar refractivity (Wildman–Crippen MR) is 129 cm³/mol. The standard InChI is InChI=1S/C25H26Cl2N2O/c1-16(15-25(3,4)5)22(29-24-19(26)11-7-12-20(24)27)17(2)30-21-13-6-9-18-10-8-14-28-23(18)21/h6-15,17H,1-5H3. The number of para-hydroxylation sites is 2. The fraction of sp³-hybridized carbons (Fsp3) is 0.280. The van der Waals surface area contributed by atoms with E-state index in [1.54, 1.807) is 18.3 Å². The first-order valence-corrected chi connectivity index (χ1v) is 10.6. The van der Waals surface area contributed by atoms with Gasteiger partial charge in [0.05, 0.1) is 15.8 Å². The van der Waals surface area contributed by atoms with Crippen LogP contribution in [0.4, 0.5) is 5.69 Å². The third-order valence-electron chi connectivity index (χ3n) is 4.51. The van der Waals surface area contributed by atoms with E-state index in [1.807, 2.05) is 50.2 Å². The molecule has 0 fully saturated rings. The molecule has 156 valence electrons. The highest BCUT2D eigenvalue weighted by atomic mass is 35.5. The minimum absolute atomic E-state index is 0.0180. The van der Waals surface area contributed by atoms with Gasteiger partial charge in [-0.25, -0.2) is 4.99 Å². The summed E-state index contributed by atoms with van der Waals surface area (Å²) in [5.74, 6) is 0.710. The smallest absolute Gasteiger partial charge is 0.146 e. The van der Waals surface area contributed by atoms with Crippen molar-refractivity contribution in [2.75, 3.05) is 0 Å². The van der Waals surface area contributed by atoms with Gasteiger partial charge in [0.15, 0.2) is 0 Å². The summed E-state index contributed by atoms with van der Waals surface area (Å²) in [5, 5.41) is 2.03. The number of halogens is 2. The maximum Gasteiger partial charge on any atom is 0.146 e. The summed E-state index contributed by atoms with van der Waals surface area (Å²) in [5.41, 5.74) is 3.13. The Kier molecular flexibility index (Phi) is 6.84. The average Bonchev–Trinajstić information content (AvgIpc) is 2.66. The highest BCUT2D eigenvalue weighted by Crippen LogP contribution is 2.34. The molecule has 0 aliphatic carbocycles. The molecule has 0 aliphatic heterocycles. The molecule has 2 aromatic carbocycles. The van der Waals surface area contributed by atoms with Gasteiger partial charge in [-0.05, 0) is 49.1 Å². The van der Waals surface area contributed by atoms with Gasteiger partial charge in [-0.1, -0.05) is 74.3 Å². The van der Waals surface area contributed by atoms with Crippen molar-refractivity contribution in [1.82, 2.24) is 4.98 Å². The minimum Gasteiger partial charge on any atom is -0.482 e. The molecule has 1 unspecified atom stereocenters. The van der Waals surface area contributed by atoms with E-state index in [0.29, 0.717) is 21.5 Å². The second-order valence-corrected chi connectivity index (χ2v) is 9.17. The highest BCUT2D eigenvalue weighted by Gasteiger charge is 2.20. The number of benzene rings is 2. The Bertz CT molecular complexity index is 1090. The fourth-order valence-electron chi connectivity index (χ4n) is 3.36. The molecule has 0 spiro atoms. The van der Waals surface area contributed by atoms with Crippen molar-refractivity contribution in [2.45, 2.75) is 40.7 Å². The van der Waals surface area contributed by atoms with Crippen LogP contribution in [0.3, 0.4) is 0 Å². The van der Waals surface area contributed by atoms with Gasteiger partial charge in [-0.3, -0.25) is 4.98 Å². The van der Waals surface area contributed by atoms with Crippen LogP contribution in [0.25, 0.3) is 10.9 Å². The number of ether oxygens (including phenoxy) is 1. The Morgan fingerprint density at radius 3 is 2.33 bits per heavy atom. The van der Waals surface area contributed by atoms with E-state index in [1.165, 1.54) is 0 Å². The van der Waals surface area contributed by atoms with Crippen molar-refractivity contribution in [3.63, 3.8) is 0 Å². The molecular weight excluding hydrogens is 415 g/mol. The topological polar surface area (TPSA) is 34.5 Å². The number of pyridine rings is 1. The van der Waals surface area contributed by atoms with Crippen LogP contribution in [0.15, 0.2) is 71.4 Å². The first-order valence-electron chi connectivity index (χ1n) is 9.88. The summed E-state index contributed by atoms with van der Waals surface area (Å²) in [6, 6.07) is 15.2. The number of aromatic nitrogens is 1. The number of aliphatic imine (C=N–C) groups is 1. The lowest BCUT2D eigenvalue weighted by molar-refractivity contribution is 0.290. The molecular formula is C25H26Cl2N2O.